The van der Waals surface area contributed by atoms with E-state index in [1.807, 2.05) is 48.5 Å². The van der Waals surface area contributed by atoms with Crippen molar-refractivity contribution in [2.75, 3.05) is 50.8 Å². The number of rotatable bonds is 8. The van der Waals surface area contributed by atoms with Gasteiger partial charge in [-0.1, -0.05) is 66.1 Å². The maximum atomic E-state index is 14.3. The number of urea groups is 1. The third-order valence-corrected chi connectivity index (χ3v) is 9.02. The second-order valence-corrected chi connectivity index (χ2v) is 12.2. The zero-order valence-corrected chi connectivity index (χ0v) is 26.7. The highest BCUT2D eigenvalue weighted by atomic mass is 35.5. The van der Waals surface area contributed by atoms with E-state index in [2.05, 4.69) is 16.1 Å². The number of ether oxygens (including phenoxy) is 1. The molecule has 0 aromatic heterocycles. The molecule has 0 aliphatic carbocycles. The van der Waals surface area contributed by atoms with Gasteiger partial charge in [0.05, 0.1) is 43.6 Å². The fourth-order valence-corrected chi connectivity index (χ4v) is 6.65. The molecule has 11 nitrogen and oxygen atoms in total. The topological polar surface area (TPSA) is 109 Å². The fraction of sp³-hybridized carbons (Fsp3) is 0.343. The minimum Gasteiger partial charge on any atom is -0.508 e. The molecule has 3 aliphatic heterocycles. The number of aromatic hydroxyl groups is 1. The van der Waals surface area contributed by atoms with Crippen molar-refractivity contribution in [2.24, 2.45) is 0 Å². The number of hydrazine groups is 1. The van der Waals surface area contributed by atoms with Crippen LogP contribution >= 0.6 is 11.6 Å². The van der Waals surface area contributed by atoms with Gasteiger partial charge in [0, 0.05) is 32.6 Å². The van der Waals surface area contributed by atoms with Crippen molar-refractivity contribution in [3.63, 3.8) is 0 Å². The summed E-state index contributed by atoms with van der Waals surface area (Å²) in [6.45, 7) is 3.09. The summed E-state index contributed by atoms with van der Waals surface area (Å²) in [5.41, 5.74) is 3.42. The Bertz CT molecular complexity index is 1640. The highest BCUT2D eigenvalue weighted by molar-refractivity contribution is 6.33. The molecule has 12 heteroatoms. The number of terminal acetylenes is 1. The van der Waals surface area contributed by atoms with E-state index < -0.39 is 18.2 Å². The summed E-state index contributed by atoms with van der Waals surface area (Å²) >= 11 is 6.61. The average molecular weight is 657 g/mol. The van der Waals surface area contributed by atoms with Crippen LogP contribution in [-0.4, -0.2) is 101 Å². The van der Waals surface area contributed by atoms with Crippen molar-refractivity contribution in [2.45, 2.75) is 31.7 Å². The minimum absolute atomic E-state index is 0.0332. The van der Waals surface area contributed by atoms with Crippen LogP contribution in [0.1, 0.15) is 16.7 Å². The quantitative estimate of drug-likeness (QED) is 0.359. The Morgan fingerprint density at radius 2 is 1.72 bits per heavy atom. The van der Waals surface area contributed by atoms with E-state index in [9.17, 15) is 19.5 Å². The third-order valence-electron chi connectivity index (χ3n) is 8.70. The zero-order valence-electron chi connectivity index (χ0n) is 25.9. The van der Waals surface area contributed by atoms with E-state index in [0.29, 0.717) is 31.3 Å². The molecule has 0 bridgehead atoms. The first-order valence-electron chi connectivity index (χ1n) is 15.6. The first-order chi connectivity index (χ1) is 22.8. The van der Waals surface area contributed by atoms with Gasteiger partial charge in [0.1, 0.15) is 18.0 Å². The summed E-state index contributed by atoms with van der Waals surface area (Å²) in [4.78, 5) is 47.4. The summed E-state index contributed by atoms with van der Waals surface area (Å²) in [5.74, 6) is 2.14. The lowest BCUT2D eigenvalue weighted by molar-refractivity contribution is -0.189. The Morgan fingerprint density at radius 1 is 1.00 bits per heavy atom. The van der Waals surface area contributed by atoms with Gasteiger partial charge >= 0.3 is 6.03 Å². The first kappa shape index (κ1) is 32.2. The number of halogens is 1. The molecule has 6 rings (SSSR count). The number of phenolic OH excluding ortho intramolecular Hbond substituents is 1. The number of morpholine rings is 1. The second kappa shape index (κ2) is 14.3. The van der Waals surface area contributed by atoms with Crippen LogP contribution in [0.2, 0.25) is 5.02 Å². The Labute approximate surface area is 279 Å². The highest BCUT2D eigenvalue weighted by Crippen LogP contribution is 2.32. The SMILES string of the molecule is C#CCN1CC(=O)N2[C@@H](Cc3ccc(O)cc3)C(=O)N(Cc3ccc(Cl)c(N4CCOCC4)c3)C[C@@H]2N1C(=O)NCc1ccccc1. The van der Waals surface area contributed by atoms with E-state index in [1.54, 1.807) is 34.2 Å². The Kier molecular flexibility index (Phi) is 9.82. The number of nitrogens with zero attached hydrogens (tertiary/aromatic N) is 5. The number of carbonyl (C=O) groups is 3. The molecule has 244 valence electrons. The lowest BCUT2D eigenvalue weighted by Gasteiger charge is -2.55. The Balaban J connectivity index is 1.33. The van der Waals surface area contributed by atoms with Crippen LogP contribution in [-0.2, 0) is 33.8 Å². The third kappa shape index (κ3) is 7.15. The smallest absolute Gasteiger partial charge is 0.334 e. The Morgan fingerprint density at radius 3 is 2.45 bits per heavy atom. The van der Waals surface area contributed by atoms with E-state index >= 15 is 0 Å². The van der Waals surface area contributed by atoms with Gasteiger partial charge < -0.3 is 29.9 Å². The van der Waals surface area contributed by atoms with Crippen molar-refractivity contribution in [1.82, 2.24) is 25.1 Å². The highest BCUT2D eigenvalue weighted by Gasteiger charge is 2.51. The maximum Gasteiger partial charge on any atom is 0.334 e. The van der Waals surface area contributed by atoms with Crippen molar-refractivity contribution < 1.29 is 24.2 Å². The predicted molar refractivity (Wildman–Crippen MR) is 177 cm³/mol. The van der Waals surface area contributed by atoms with E-state index in [1.165, 1.54) is 9.91 Å². The molecule has 3 aromatic rings. The van der Waals surface area contributed by atoms with Gasteiger partial charge in [-0.3, -0.25) is 9.59 Å². The number of nitrogens with one attached hydrogen (secondary N) is 1. The van der Waals surface area contributed by atoms with Gasteiger partial charge in [0.15, 0.2) is 0 Å². The van der Waals surface area contributed by atoms with Crippen LogP contribution < -0.4 is 10.2 Å². The average Bonchev–Trinajstić information content (AvgIpc) is 3.08. The first-order valence-corrected chi connectivity index (χ1v) is 16.0. The minimum atomic E-state index is -0.894. The molecular formula is C35H37ClN6O5. The number of carbonyl (C=O) groups excluding carboxylic acids is 3. The van der Waals surface area contributed by atoms with Gasteiger partial charge in [-0.25, -0.2) is 9.80 Å². The van der Waals surface area contributed by atoms with Crippen LogP contribution in [0, 0.1) is 12.3 Å². The molecule has 3 aliphatic rings. The van der Waals surface area contributed by atoms with Crippen LogP contribution in [0.25, 0.3) is 0 Å². The van der Waals surface area contributed by atoms with Gasteiger partial charge in [0.2, 0.25) is 11.8 Å². The summed E-state index contributed by atoms with van der Waals surface area (Å²) in [6, 6.07) is 20.5. The molecular weight excluding hydrogens is 620 g/mol. The zero-order chi connectivity index (χ0) is 32.9. The second-order valence-electron chi connectivity index (χ2n) is 11.8. The fourth-order valence-electron chi connectivity index (χ4n) is 6.41. The van der Waals surface area contributed by atoms with Crippen molar-refractivity contribution >= 4 is 35.1 Å². The normalized spacial score (nSPS) is 20.2. The number of hydrogen-bond donors (Lipinski definition) is 2. The molecule has 0 saturated carbocycles. The lowest BCUT2D eigenvalue weighted by Crippen LogP contribution is -2.76. The van der Waals surface area contributed by atoms with Crippen LogP contribution in [0.5, 0.6) is 5.75 Å². The van der Waals surface area contributed by atoms with E-state index in [-0.39, 0.29) is 56.7 Å². The largest absolute Gasteiger partial charge is 0.508 e. The van der Waals surface area contributed by atoms with Gasteiger partial charge in [-0.05, 0) is 41.0 Å². The van der Waals surface area contributed by atoms with Gasteiger partial charge in [-0.2, -0.15) is 5.01 Å². The molecule has 0 spiro atoms. The number of fused-ring (bicyclic) bond motifs is 1. The van der Waals surface area contributed by atoms with Crippen LogP contribution in [0.4, 0.5) is 10.5 Å². The summed E-state index contributed by atoms with van der Waals surface area (Å²) in [6.07, 6.45) is 5.09. The molecule has 47 heavy (non-hydrogen) atoms. The Hall–Kier alpha value is -4.76. The molecule has 0 radical (unpaired) electrons. The molecule has 3 fully saturated rings. The lowest BCUT2D eigenvalue weighted by atomic mass is 9.98. The molecule has 2 N–H and O–H groups in total. The number of phenols is 1. The number of piperazine rings is 1. The van der Waals surface area contributed by atoms with Crippen LogP contribution in [0.15, 0.2) is 72.8 Å². The summed E-state index contributed by atoms with van der Waals surface area (Å²) < 4.78 is 5.51. The van der Waals surface area contributed by atoms with Gasteiger partial charge in [0.25, 0.3) is 0 Å². The number of amides is 4. The number of hydrogen-bond acceptors (Lipinski definition) is 7. The molecule has 0 unspecified atom stereocenters. The van der Waals surface area contributed by atoms with Crippen molar-refractivity contribution in [3.8, 4) is 18.1 Å². The van der Waals surface area contributed by atoms with E-state index in [0.717, 1.165) is 22.4 Å². The summed E-state index contributed by atoms with van der Waals surface area (Å²) in [7, 11) is 0. The number of anilines is 1. The predicted octanol–water partition coefficient (Wildman–Crippen LogP) is 3.07. The number of benzene rings is 3. The molecule has 4 amide bonds. The molecule has 3 heterocycles. The summed E-state index contributed by atoms with van der Waals surface area (Å²) in [5, 5.41) is 16.5. The maximum absolute atomic E-state index is 14.3. The molecule has 2 atom stereocenters. The molecule has 3 saturated heterocycles. The van der Waals surface area contributed by atoms with E-state index in [4.69, 9.17) is 22.8 Å². The van der Waals surface area contributed by atoms with Crippen molar-refractivity contribution in [3.05, 3.63) is 94.5 Å². The standard InChI is InChI=1S/C35H37ClN6O5/c1-2-14-40-24-33(44)41-31(19-25-8-11-28(43)12-9-25)34(45)39(22-27-10-13-29(36)30(20-27)38-15-17-47-18-16-38)23-32(41)42(40)35(46)37-21-26-6-4-3-5-7-26/h1,3-13,20,31-32,43H,14-19,21-24H2,(H,37,46)/t31-,32-/m0/s1. The monoisotopic (exact) mass is 656 g/mol. The molecule has 3 aromatic carbocycles. The van der Waals surface area contributed by atoms with Gasteiger partial charge in [-0.15, -0.1) is 6.42 Å². The van der Waals surface area contributed by atoms with Crippen molar-refractivity contribution in [1.29, 1.82) is 0 Å². The van der Waals surface area contributed by atoms with Crippen LogP contribution in [0.3, 0.4) is 0 Å².